The second-order valence-corrected chi connectivity index (χ2v) is 7.76. The molecule has 4 atom stereocenters. The molecule has 2 aromatic heterocycles. The summed E-state index contributed by atoms with van der Waals surface area (Å²) in [7, 11) is -4.50. The van der Waals surface area contributed by atoms with Crippen molar-refractivity contribution in [3.8, 4) is 0 Å². The zero-order valence-corrected chi connectivity index (χ0v) is 14.4. The third-order valence-corrected chi connectivity index (χ3v) is 4.94. The lowest BCUT2D eigenvalue weighted by Gasteiger charge is -2.17. The van der Waals surface area contributed by atoms with Gasteiger partial charge in [0.1, 0.15) is 35.6 Å². The minimum Gasteiger partial charge on any atom is -0.387 e. The van der Waals surface area contributed by atoms with Crippen molar-refractivity contribution in [1.82, 2.24) is 14.5 Å². The number of fused-ring (bicyclic) bond motifs is 1. The van der Waals surface area contributed by atoms with E-state index in [1.807, 2.05) is 0 Å². The minimum absolute atomic E-state index is 0.000136. The Morgan fingerprint density at radius 2 is 2.00 bits per heavy atom. The summed E-state index contributed by atoms with van der Waals surface area (Å²) in [6.07, 6.45) is -5.18. The van der Waals surface area contributed by atoms with E-state index in [1.54, 1.807) is 6.92 Å². The molecule has 12 nitrogen and oxygen atoms in total. The number of nitrogens with two attached hydrogens (primary N) is 2. The van der Waals surface area contributed by atoms with E-state index in [9.17, 15) is 19.6 Å². The summed E-state index contributed by atoms with van der Waals surface area (Å²) < 4.78 is 17.9. The van der Waals surface area contributed by atoms with E-state index in [2.05, 4.69) is 9.97 Å². The Balaban J connectivity index is 2.11. The molecule has 1 saturated heterocycles. The summed E-state index contributed by atoms with van der Waals surface area (Å²) in [4.78, 5) is 38.1. The number of aromatic nitrogens is 3. The third-order valence-electron chi connectivity index (χ3n) is 4.11. The molecule has 0 radical (unpaired) electrons. The summed E-state index contributed by atoms with van der Waals surface area (Å²) in [6, 6.07) is 0. The van der Waals surface area contributed by atoms with E-state index < -0.39 is 44.2 Å². The van der Waals surface area contributed by atoms with E-state index in [0.29, 0.717) is 0 Å². The summed E-state index contributed by atoms with van der Waals surface area (Å²) >= 11 is 0. The number of amides is 1. The SMILES string of the molecule is Cc1nc(N)c2c(C(N)=O)cn([C@@H]3OC(CP(=O)(O)O)[C@@H](O)[C@H]3O)c2n1. The summed E-state index contributed by atoms with van der Waals surface area (Å²) in [6.45, 7) is 1.56. The molecule has 2 aromatic rings. The van der Waals surface area contributed by atoms with Crippen molar-refractivity contribution < 1.29 is 34.1 Å². The minimum atomic E-state index is -4.50. The molecule has 0 bridgehead atoms. The van der Waals surface area contributed by atoms with Crippen LogP contribution in [0.2, 0.25) is 0 Å². The fraction of sp³-hybridized carbons (Fsp3) is 0.462. The molecule has 0 aliphatic carbocycles. The molecule has 1 aliphatic heterocycles. The van der Waals surface area contributed by atoms with Crippen molar-refractivity contribution >= 4 is 30.4 Å². The molecular weight excluding hydrogens is 369 g/mol. The molecule has 0 saturated carbocycles. The van der Waals surface area contributed by atoms with Crippen molar-refractivity contribution in [2.75, 3.05) is 11.9 Å². The lowest BCUT2D eigenvalue weighted by molar-refractivity contribution is -0.0297. The molecule has 8 N–H and O–H groups in total. The molecule has 142 valence electrons. The van der Waals surface area contributed by atoms with Crippen LogP contribution in [0.3, 0.4) is 0 Å². The Bertz CT molecular complexity index is 925. The monoisotopic (exact) mass is 387 g/mol. The number of aliphatic hydroxyl groups excluding tert-OH is 2. The van der Waals surface area contributed by atoms with E-state index in [0.717, 1.165) is 0 Å². The number of aryl methyl sites for hydroxylation is 1. The predicted molar refractivity (Wildman–Crippen MR) is 88.0 cm³/mol. The van der Waals surface area contributed by atoms with Crippen LogP contribution in [0.5, 0.6) is 0 Å². The number of hydrogen-bond acceptors (Lipinski definition) is 8. The van der Waals surface area contributed by atoms with Crippen molar-refractivity contribution in [2.45, 2.75) is 31.5 Å². The van der Waals surface area contributed by atoms with Crippen LogP contribution >= 0.6 is 7.60 Å². The Labute approximate surface area is 146 Å². The lowest BCUT2D eigenvalue weighted by Crippen LogP contribution is -2.33. The Kier molecular flexibility index (Phi) is 4.51. The largest absolute Gasteiger partial charge is 0.387 e. The maximum Gasteiger partial charge on any atom is 0.328 e. The highest BCUT2D eigenvalue weighted by molar-refractivity contribution is 7.51. The Hall–Kier alpha value is -2.08. The smallest absolute Gasteiger partial charge is 0.328 e. The normalized spacial score (nSPS) is 26.5. The molecule has 1 fully saturated rings. The van der Waals surface area contributed by atoms with Gasteiger partial charge in [0, 0.05) is 6.20 Å². The fourth-order valence-corrected chi connectivity index (χ4v) is 3.78. The van der Waals surface area contributed by atoms with Gasteiger partial charge in [0.25, 0.3) is 5.91 Å². The van der Waals surface area contributed by atoms with Gasteiger partial charge in [0.15, 0.2) is 6.23 Å². The quantitative estimate of drug-likeness (QED) is 0.325. The molecule has 26 heavy (non-hydrogen) atoms. The zero-order chi connectivity index (χ0) is 19.4. The first-order valence-electron chi connectivity index (χ1n) is 7.50. The van der Waals surface area contributed by atoms with Crippen molar-refractivity contribution in [1.29, 1.82) is 0 Å². The third kappa shape index (κ3) is 3.18. The summed E-state index contributed by atoms with van der Waals surface area (Å²) in [5.74, 6) is -0.530. The number of carbonyl (C=O) groups is 1. The Morgan fingerprint density at radius 1 is 1.35 bits per heavy atom. The molecule has 1 aliphatic rings. The second kappa shape index (κ2) is 6.27. The number of nitrogens with zero attached hydrogens (tertiary/aromatic N) is 3. The van der Waals surface area contributed by atoms with E-state index in [-0.39, 0.29) is 28.2 Å². The molecule has 1 unspecified atom stereocenters. The fourth-order valence-electron chi connectivity index (χ4n) is 3.01. The molecule has 13 heteroatoms. The average Bonchev–Trinajstić information content (AvgIpc) is 2.99. The second-order valence-electron chi connectivity index (χ2n) is 6.06. The molecule has 0 spiro atoms. The van der Waals surface area contributed by atoms with Crippen LogP contribution in [0.1, 0.15) is 22.4 Å². The van der Waals surface area contributed by atoms with Gasteiger partial charge in [-0.1, -0.05) is 0 Å². The van der Waals surface area contributed by atoms with Crippen LogP contribution in [0.4, 0.5) is 5.82 Å². The number of anilines is 1. The van der Waals surface area contributed by atoms with Crippen molar-refractivity contribution in [3.05, 3.63) is 17.6 Å². The van der Waals surface area contributed by atoms with Crippen LogP contribution < -0.4 is 11.5 Å². The topological polar surface area (TPSA) is 207 Å². The van der Waals surface area contributed by atoms with E-state index in [1.165, 1.54) is 10.8 Å². The maximum absolute atomic E-state index is 11.7. The highest BCUT2D eigenvalue weighted by Crippen LogP contribution is 2.42. The first-order valence-corrected chi connectivity index (χ1v) is 9.30. The number of carbonyl (C=O) groups excluding carboxylic acids is 1. The number of nitrogen functional groups attached to an aromatic ring is 1. The van der Waals surface area contributed by atoms with Crippen LogP contribution in [0, 0.1) is 6.92 Å². The highest BCUT2D eigenvalue weighted by Gasteiger charge is 2.46. The van der Waals surface area contributed by atoms with Gasteiger partial charge in [-0.3, -0.25) is 9.36 Å². The number of hydrogen-bond donors (Lipinski definition) is 6. The van der Waals surface area contributed by atoms with Crippen LogP contribution in [-0.2, 0) is 9.30 Å². The van der Waals surface area contributed by atoms with E-state index in [4.69, 9.17) is 26.0 Å². The van der Waals surface area contributed by atoms with Crippen LogP contribution in [0.25, 0.3) is 11.0 Å². The van der Waals surface area contributed by atoms with Gasteiger partial charge >= 0.3 is 7.60 Å². The first-order chi connectivity index (χ1) is 12.0. The van der Waals surface area contributed by atoms with Gasteiger partial charge in [-0.25, -0.2) is 9.97 Å². The molecule has 3 rings (SSSR count). The average molecular weight is 387 g/mol. The van der Waals surface area contributed by atoms with Crippen molar-refractivity contribution in [2.24, 2.45) is 5.73 Å². The van der Waals surface area contributed by atoms with Gasteiger partial charge in [-0.15, -0.1) is 0 Å². The van der Waals surface area contributed by atoms with Gasteiger partial charge in [0.05, 0.1) is 17.1 Å². The van der Waals surface area contributed by atoms with Gasteiger partial charge in [-0.05, 0) is 6.92 Å². The van der Waals surface area contributed by atoms with Gasteiger partial charge in [0.2, 0.25) is 0 Å². The molecule has 3 heterocycles. The predicted octanol–water partition coefficient (Wildman–Crippen LogP) is -1.78. The highest BCUT2D eigenvalue weighted by atomic mass is 31.2. The van der Waals surface area contributed by atoms with Crippen LogP contribution in [-0.4, -0.2) is 64.9 Å². The number of rotatable bonds is 4. The van der Waals surface area contributed by atoms with Crippen molar-refractivity contribution in [3.63, 3.8) is 0 Å². The van der Waals surface area contributed by atoms with E-state index >= 15 is 0 Å². The Morgan fingerprint density at radius 3 is 2.58 bits per heavy atom. The molecular formula is C13H18N5O7P. The summed E-state index contributed by atoms with van der Waals surface area (Å²) in [5.41, 5.74) is 11.3. The van der Waals surface area contributed by atoms with Gasteiger partial charge in [-0.2, -0.15) is 0 Å². The number of ether oxygens (including phenoxy) is 1. The molecule has 0 aromatic carbocycles. The van der Waals surface area contributed by atoms with Gasteiger partial charge < -0.3 is 40.8 Å². The standard InChI is InChI=1S/C13H18N5O7P/c1-4-16-10(14)7-5(11(15)21)2-18(12(7)17-4)13-9(20)8(19)6(25-13)3-26(22,23)24/h2,6,8-9,13,19-20H,3H2,1H3,(H2,15,21)(H2,14,16,17)(H2,22,23,24)/t6?,8-,9-,13-/m1/s1. The number of aliphatic hydroxyl groups is 2. The lowest BCUT2D eigenvalue weighted by atomic mass is 10.1. The van der Waals surface area contributed by atoms with Crippen LogP contribution in [0.15, 0.2) is 6.20 Å². The first kappa shape index (κ1) is 18.7. The number of primary amides is 1. The summed E-state index contributed by atoms with van der Waals surface area (Å²) in [5, 5.41) is 20.5. The molecule has 1 amide bonds. The maximum atomic E-state index is 11.7. The zero-order valence-electron chi connectivity index (χ0n) is 13.6.